The van der Waals surface area contributed by atoms with Crippen LogP contribution in [0.15, 0.2) is 11.6 Å². The first kappa shape index (κ1) is 66.2. The number of allylic oxidation sites excluding steroid dienone is 2. The zero-order valence-electron chi connectivity index (χ0n) is 49.8. The summed E-state index contributed by atoms with van der Waals surface area (Å²) in [5.41, 5.74) is -1.21. The molecule has 0 radical (unpaired) electrons. The Morgan fingerprint density at radius 3 is 1.65 bits per heavy atom. The monoisotopic (exact) mass is 1220 g/mol. The molecule has 0 bridgehead atoms. The molecule has 85 heavy (non-hydrogen) atoms. The molecule has 0 amide bonds. The van der Waals surface area contributed by atoms with E-state index in [0.717, 1.165) is 38.5 Å². The molecule has 0 aromatic rings. The van der Waals surface area contributed by atoms with Crippen LogP contribution in [0.25, 0.3) is 0 Å². The Labute approximate surface area is 494 Å². The van der Waals surface area contributed by atoms with E-state index >= 15 is 0 Å². The van der Waals surface area contributed by atoms with Crippen LogP contribution in [-0.4, -0.2) is 263 Å². The summed E-state index contributed by atoms with van der Waals surface area (Å²) in [6.45, 7) is 14.8. The molecule has 4 saturated carbocycles. The lowest BCUT2D eigenvalue weighted by Gasteiger charge is -2.71. The van der Waals surface area contributed by atoms with Crippen LogP contribution in [0.4, 0.5) is 0 Å². The van der Waals surface area contributed by atoms with Gasteiger partial charge in [0.2, 0.25) is 6.29 Å². The third-order valence-corrected chi connectivity index (χ3v) is 23.1. The molecule has 0 aromatic carbocycles. The van der Waals surface area contributed by atoms with Gasteiger partial charge in [-0.25, -0.2) is 0 Å². The highest BCUT2D eigenvalue weighted by Gasteiger charge is 2.70. The van der Waals surface area contributed by atoms with Gasteiger partial charge in [-0.1, -0.05) is 60.1 Å². The number of aliphatic hydroxyl groups is 15. The summed E-state index contributed by atoms with van der Waals surface area (Å²) in [6.07, 6.45) is -30.5. The molecule has 9 fully saturated rings. The van der Waals surface area contributed by atoms with E-state index in [-0.39, 0.29) is 39.4 Å². The molecular formula is C59H96O26. The zero-order chi connectivity index (χ0) is 62.0. The summed E-state index contributed by atoms with van der Waals surface area (Å²) in [4.78, 5) is 14.8. The number of rotatable bonds is 13. The second-order valence-electron chi connectivity index (χ2n) is 28.6. The lowest BCUT2D eigenvalue weighted by atomic mass is 9.33. The zero-order valence-corrected chi connectivity index (χ0v) is 49.8. The first-order valence-corrected chi connectivity index (χ1v) is 30.6. The number of aliphatic hydroxyl groups excluding tert-OH is 15. The first-order valence-electron chi connectivity index (χ1n) is 30.6. The maximum Gasteiger partial charge on any atom is 0.315 e. The van der Waals surface area contributed by atoms with Crippen molar-refractivity contribution in [1.29, 1.82) is 0 Å². The largest absolute Gasteiger partial charge is 0.432 e. The van der Waals surface area contributed by atoms with Gasteiger partial charge in [0.05, 0.1) is 44.1 Å². The summed E-state index contributed by atoms with van der Waals surface area (Å²) < 4.78 is 60.7. The van der Waals surface area contributed by atoms with E-state index in [4.69, 9.17) is 47.4 Å². The van der Waals surface area contributed by atoms with Gasteiger partial charge < -0.3 is 124 Å². The molecule has 5 aliphatic carbocycles. The van der Waals surface area contributed by atoms with E-state index in [1.54, 1.807) is 0 Å². The van der Waals surface area contributed by atoms with Crippen molar-refractivity contribution in [2.24, 2.45) is 50.2 Å². The predicted molar refractivity (Wildman–Crippen MR) is 288 cm³/mol. The van der Waals surface area contributed by atoms with Crippen molar-refractivity contribution in [1.82, 2.24) is 0 Å². The summed E-state index contributed by atoms with van der Waals surface area (Å²) in [6, 6.07) is 0. The Bertz CT molecular complexity index is 2360. The number of esters is 1. The first-order chi connectivity index (χ1) is 39.8. The summed E-state index contributed by atoms with van der Waals surface area (Å²) in [7, 11) is 0. The quantitative estimate of drug-likeness (QED) is 0.0513. The van der Waals surface area contributed by atoms with Crippen molar-refractivity contribution in [2.45, 2.75) is 273 Å². The van der Waals surface area contributed by atoms with Crippen molar-refractivity contribution in [3.8, 4) is 0 Å². The van der Waals surface area contributed by atoms with Crippen LogP contribution < -0.4 is 0 Å². The van der Waals surface area contributed by atoms with Crippen molar-refractivity contribution in [3.05, 3.63) is 11.6 Å². The van der Waals surface area contributed by atoms with Gasteiger partial charge in [0.15, 0.2) is 25.2 Å². The fourth-order valence-electron chi connectivity index (χ4n) is 17.6. The molecule has 26 nitrogen and oxygen atoms in total. The van der Waals surface area contributed by atoms with Gasteiger partial charge in [0.1, 0.15) is 110 Å². The molecule has 5 saturated heterocycles. The van der Waals surface area contributed by atoms with Crippen molar-refractivity contribution in [2.75, 3.05) is 26.4 Å². The number of hydrogen-bond donors (Lipinski definition) is 15. The van der Waals surface area contributed by atoms with Crippen LogP contribution in [-0.2, 0) is 52.2 Å². The second-order valence-corrected chi connectivity index (χ2v) is 28.6. The average Bonchev–Trinajstić information content (AvgIpc) is 0.706. The Morgan fingerprint density at radius 2 is 1.06 bits per heavy atom. The van der Waals surface area contributed by atoms with Crippen LogP contribution in [0.3, 0.4) is 0 Å². The lowest BCUT2D eigenvalue weighted by molar-refractivity contribution is -0.391. The van der Waals surface area contributed by atoms with Gasteiger partial charge in [-0.05, 0) is 116 Å². The molecule has 0 unspecified atom stereocenters. The van der Waals surface area contributed by atoms with E-state index < -0.39 is 197 Å². The number of carbonyl (C=O) groups excluding carboxylic acids is 1. The molecule has 5 aliphatic heterocycles. The number of fused-ring (bicyclic) bond motifs is 7. The summed E-state index contributed by atoms with van der Waals surface area (Å²) >= 11 is 0. The van der Waals surface area contributed by atoms with Gasteiger partial charge in [0, 0.05) is 0 Å². The lowest BCUT2D eigenvalue weighted by Crippen LogP contribution is -2.67. The Hall–Kier alpha value is -1.75. The van der Waals surface area contributed by atoms with Crippen LogP contribution in [0.5, 0.6) is 0 Å². The highest BCUT2D eigenvalue weighted by Crippen LogP contribution is 2.76. The minimum atomic E-state index is -1.93. The maximum atomic E-state index is 14.8. The number of ether oxygens (including phenoxy) is 10. The van der Waals surface area contributed by atoms with Gasteiger partial charge in [0.25, 0.3) is 0 Å². The molecule has 488 valence electrons. The molecular weight excluding hydrogens is 1120 g/mol. The van der Waals surface area contributed by atoms with E-state index in [1.165, 1.54) is 12.5 Å². The Morgan fingerprint density at radius 1 is 0.529 bits per heavy atom. The van der Waals surface area contributed by atoms with Gasteiger partial charge >= 0.3 is 5.97 Å². The van der Waals surface area contributed by atoms with Crippen molar-refractivity contribution < 1.29 is 129 Å². The van der Waals surface area contributed by atoms with Crippen molar-refractivity contribution >= 4 is 5.97 Å². The van der Waals surface area contributed by atoms with Crippen LogP contribution in [0.2, 0.25) is 0 Å². The summed E-state index contributed by atoms with van der Waals surface area (Å²) in [5.74, 6) is -0.471. The third-order valence-electron chi connectivity index (χ3n) is 23.1. The van der Waals surface area contributed by atoms with Gasteiger partial charge in [-0.3, -0.25) is 4.79 Å². The smallest absolute Gasteiger partial charge is 0.315 e. The highest BCUT2D eigenvalue weighted by molar-refractivity contribution is 5.79. The summed E-state index contributed by atoms with van der Waals surface area (Å²) in [5, 5.41) is 161. The second kappa shape index (κ2) is 24.4. The van der Waals surface area contributed by atoms with Crippen LogP contribution in [0, 0.1) is 50.2 Å². The van der Waals surface area contributed by atoms with Crippen LogP contribution in [0.1, 0.15) is 120 Å². The van der Waals surface area contributed by atoms with E-state index in [1.807, 2.05) is 0 Å². The molecule has 10 aliphatic rings. The standard InChI is InChI=1S/C59H96O26/c1-24-34(63)46(83-49-43(72)40(69)36(65)28(21-61)79-49)45(74)51(77-24)84-47-38(67)30(81-48-42(71)39(68)35(64)27(20-60)78-48)23-76-52(47)82-33-12-13-56(6)31(55(33,4)5)11-14-58(8)32(56)10-9-25-26-19-54(2,3)15-17-59(26,18-16-57(25,58)7)53(75)85-50-44(73)41(70)37(66)29(22-62)80-50/h9,24,26-52,60-74H,10-23H2,1-8H3/t24-,26-,27+,28+,29+,30-,31-,32+,33-,34-,35+,36+,37+,38-,39-,40-,41-,42+,43+,44+,45+,46+,47-,48-,49-,50-,51-,52-,56-,57+,58+,59-/m0/s1. The van der Waals surface area contributed by atoms with E-state index in [2.05, 4.69) is 54.5 Å². The van der Waals surface area contributed by atoms with Crippen molar-refractivity contribution in [3.63, 3.8) is 0 Å². The van der Waals surface area contributed by atoms with Gasteiger partial charge in [-0.2, -0.15) is 0 Å². The minimum Gasteiger partial charge on any atom is -0.432 e. The van der Waals surface area contributed by atoms with Crippen LogP contribution >= 0.6 is 0 Å². The molecule has 0 spiro atoms. The predicted octanol–water partition coefficient (Wildman–Crippen LogP) is -2.54. The SMILES string of the molecule is C[C@@H]1O[C@@H](O[C@@H]2[C@H](O[C@H]3CC[C@]4(C)[C@H]5CC=C6[C@@H]7CC(C)(C)CC[C@]7(C(=O)O[C@@H]7O[C@H](CO)[C@@H](O)[C@H](O)[C@H]7O)CC[C@@]6(C)[C@]5(C)CC[C@H]4C3(C)C)OC[C@H](O[C@@H]3O[C@H](CO)[C@@H](O)[C@H](O)[C@H]3O)[C@@H]2O)[C@H](O)[C@H](O[C@@H]2O[C@H](CO)[C@@H](O)[C@H](O)[C@H]2O)[C@H]1O. The van der Waals surface area contributed by atoms with E-state index in [0.29, 0.717) is 25.7 Å². The highest BCUT2D eigenvalue weighted by atomic mass is 16.8. The molecule has 5 heterocycles. The minimum absolute atomic E-state index is 0.0708. The Kier molecular flexibility index (Phi) is 19.0. The topological polar surface area (TPSA) is 413 Å². The van der Waals surface area contributed by atoms with E-state index in [9.17, 15) is 81.4 Å². The number of hydrogen-bond acceptors (Lipinski definition) is 26. The normalized spacial score (nSPS) is 54.1. The average molecular weight is 1220 g/mol. The fraction of sp³-hybridized carbons (Fsp3) is 0.949. The fourth-order valence-corrected chi connectivity index (χ4v) is 17.6. The molecule has 15 N–H and O–H groups in total. The molecule has 26 heteroatoms. The third kappa shape index (κ3) is 11.1. The molecule has 0 aromatic heterocycles. The molecule has 32 atom stereocenters. The Balaban J connectivity index is 0.897. The maximum absolute atomic E-state index is 14.8. The molecule has 10 rings (SSSR count). The number of carbonyl (C=O) groups is 1. The van der Waals surface area contributed by atoms with Gasteiger partial charge in [-0.15, -0.1) is 0 Å².